The molecule has 0 bridgehead atoms. The SMILES string of the molecule is CCC1CCNC(C(=O)N(CCC(=O)O)C2CC2)C1. The minimum atomic E-state index is -0.832. The lowest BCUT2D eigenvalue weighted by atomic mass is 9.90. The lowest BCUT2D eigenvalue weighted by molar-refractivity contribution is -0.139. The minimum Gasteiger partial charge on any atom is -0.481 e. The Kier molecular flexibility index (Phi) is 4.80. The molecule has 0 spiro atoms. The van der Waals surface area contributed by atoms with Crippen LogP contribution in [-0.2, 0) is 9.59 Å². The summed E-state index contributed by atoms with van der Waals surface area (Å²) in [5.41, 5.74) is 0. The maximum Gasteiger partial charge on any atom is 0.305 e. The summed E-state index contributed by atoms with van der Waals surface area (Å²) in [6, 6.07) is 0.184. The molecule has 1 aliphatic carbocycles. The minimum absolute atomic E-state index is 0.0478. The number of piperidine rings is 1. The third-order valence-electron chi connectivity index (χ3n) is 4.23. The van der Waals surface area contributed by atoms with E-state index in [1.807, 2.05) is 0 Å². The first kappa shape index (κ1) is 14.3. The van der Waals surface area contributed by atoms with Crippen LogP contribution in [0.15, 0.2) is 0 Å². The van der Waals surface area contributed by atoms with Crippen molar-refractivity contribution in [2.24, 2.45) is 5.92 Å². The van der Waals surface area contributed by atoms with Crippen molar-refractivity contribution in [3.05, 3.63) is 0 Å². The predicted octanol–water partition coefficient (Wildman–Crippen LogP) is 1.23. The van der Waals surface area contributed by atoms with Crippen LogP contribution in [0.25, 0.3) is 0 Å². The Morgan fingerprint density at radius 3 is 2.63 bits per heavy atom. The van der Waals surface area contributed by atoms with Gasteiger partial charge in [-0.3, -0.25) is 9.59 Å². The summed E-state index contributed by atoms with van der Waals surface area (Å²) in [6.07, 6.45) is 5.24. The average molecular weight is 268 g/mol. The zero-order chi connectivity index (χ0) is 13.8. The van der Waals surface area contributed by atoms with E-state index in [-0.39, 0.29) is 24.4 Å². The predicted molar refractivity (Wildman–Crippen MR) is 71.8 cm³/mol. The Balaban J connectivity index is 1.92. The summed E-state index contributed by atoms with van der Waals surface area (Å²) >= 11 is 0. The van der Waals surface area contributed by atoms with Crippen molar-refractivity contribution < 1.29 is 14.7 Å². The fraction of sp³-hybridized carbons (Fsp3) is 0.857. The van der Waals surface area contributed by atoms with E-state index in [1.165, 1.54) is 0 Å². The number of amides is 1. The molecule has 2 unspecified atom stereocenters. The second kappa shape index (κ2) is 6.37. The van der Waals surface area contributed by atoms with Crippen LogP contribution < -0.4 is 5.32 Å². The van der Waals surface area contributed by atoms with Crippen molar-refractivity contribution in [1.82, 2.24) is 10.2 Å². The van der Waals surface area contributed by atoms with Gasteiger partial charge in [0.1, 0.15) is 0 Å². The van der Waals surface area contributed by atoms with Gasteiger partial charge in [0, 0.05) is 12.6 Å². The molecule has 1 heterocycles. The topological polar surface area (TPSA) is 69.6 Å². The van der Waals surface area contributed by atoms with Gasteiger partial charge in [0.15, 0.2) is 0 Å². The zero-order valence-corrected chi connectivity index (χ0v) is 11.6. The van der Waals surface area contributed by atoms with E-state index >= 15 is 0 Å². The molecule has 19 heavy (non-hydrogen) atoms. The van der Waals surface area contributed by atoms with Crippen LogP contribution in [0.2, 0.25) is 0 Å². The van der Waals surface area contributed by atoms with Crippen molar-refractivity contribution >= 4 is 11.9 Å². The number of carboxylic acids is 1. The largest absolute Gasteiger partial charge is 0.481 e. The van der Waals surface area contributed by atoms with Gasteiger partial charge < -0.3 is 15.3 Å². The molecule has 1 saturated heterocycles. The highest BCUT2D eigenvalue weighted by molar-refractivity contribution is 5.83. The number of nitrogens with one attached hydrogen (secondary N) is 1. The third-order valence-corrected chi connectivity index (χ3v) is 4.23. The summed E-state index contributed by atoms with van der Waals surface area (Å²) in [6.45, 7) is 3.42. The molecule has 2 fully saturated rings. The first-order valence-corrected chi connectivity index (χ1v) is 7.37. The molecule has 1 amide bonds. The van der Waals surface area contributed by atoms with E-state index in [4.69, 9.17) is 5.11 Å². The van der Waals surface area contributed by atoms with Gasteiger partial charge in [0.25, 0.3) is 0 Å². The first-order chi connectivity index (χ1) is 9.11. The number of rotatable bonds is 6. The first-order valence-electron chi connectivity index (χ1n) is 7.37. The molecule has 5 heteroatoms. The van der Waals surface area contributed by atoms with Crippen molar-refractivity contribution in [2.75, 3.05) is 13.1 Å². The average Bonchev–Trinajstić information content (AvgIpc) is 3.23. The van der Waals surface area contributed by atoms with Crippen LogP contribution in [0, 0.1) is 5.92 Å². The molecule has 0 aromatic carbocycles. The van der Waals surface area contributed by atoms with Crippen molar-refractivity contribution in [3.8, 4) is 0 Å². The van der Waals surface area contributed by atoms with E-state index in [9.17, 15) is 9.59 Å². The number of aliphatic carboxylic acids is 1. The second-order valence-corrected chi connectivity index (χ2v) is 5.71. The summed E-state index contributed by atoms with van der Waals surface area (Å²) in [5.74, 6) is -0.0980. The molecular weight excluding hydrogens is 244 g/mol. The van der Waals surface area contributed by atoms with Gasteiger partial charge >= 0.3 is 5.97 Å². The smallest absolute Gasteiger partial charge is 0.305 e. The summed E-state index contributed by atoms with van der Waals surface area (Å²) in [4.78, 5) is 25.0. The number of carbonyl (C=O) groups excluding carboxylic acids is 1. The Morgan fingerprint density at radius 2 is 2.05 bits per heavy atom. The van der Waals surface area contributed by atoms with E-state index in [0.717, 1.165) is 38.6 Å². The lowest BCUT2D eigenvalue weighted by Crippen LogP contribution is -2.51. The summed E-state index contributed by atoms with van der Waals surface area (Å²) in [5, 5.41) is 12.1. The molecule has 0 aromatic rings. The normalized spacial score (nSPS) is 27.0. The van der Waals surface area contributed by atoms with Crippen LogP contribution in [0.4, 0.5) is 0 Å². The van der Waals surface area contributed by atoms with Crippen LogP contribution in [0.5, 0.6) is 0 Å². The standard InChI is InChI=1S/C14H24N2O3/c1-2-10-5-7-15-12(9-10)14(19)16(11-3-4-11)8-6-13(17)18/h10-12,15H,2-9H2,1H3,(H,17,18). The lowest BCUT2D eigenvalue weighted by Gasteiger charge is -2.33. The highest BCUT2D eigenvalue weighted by Gasteiger charge is 2.37. The number of carboxylic acid groups (broad SMARTS) is 1. The molecule has 1 saturated carbocycles. The molecule has 0 aromatic heterocycles. The Bertz CT molecular complexity index is 342. The number of nitrogens with zero attached hydrogens (tertiary/aromatic N) is 1. The summed E-state index contributed by atoms with van der Waals surface area (Å²) < 4.78 is 0. The maximum atomic E-state index is 12.5. The monoisotopic (exact) mass is 268 g/mol. The Labute approximate surface area is 114 Å². The van der Waals surface area contributed by atoms with Crippen LogP contribution in [0.3, 0.4) is 0 Å². The van der Waals surface area contributed by atoms with E-state index in [0.29, 0.717) is 12.5 Å². The van der Waals surface area contributed by atoms with Gasteiger partial charge in [-0.05, 0) is 38.1 Å². The Morgan fingerprint density at radius 1 is 1.32 bits per heavy atom. The Hall–Kier alpha value is -1.10. The van der Waals surface area contributed by atoms with Crippen LogP contribution in [0.1, 0.15) is 45.4 Å². The van der Waals surface area contributed by atoms with Crippen LogP contribution in [-0.4, -0.2) is 47.1 Å². The third kappa shape index (κ3) is 3.93. The number of carbonyl (C=O) groups is 2. The van der Waals surface area contributed by atoms with Gasteiger partial charge in [0.2, 0.25) is 5.91 Å². The van der Waals surface area contributed by atoms with E-state index in [1.54, 1.807) is 4.90 Å². The molecule has 2 aliphatic rings. The van der Waals surface area contributed by atoms with E-state index < -0.39 is 5.97 Å². The molecule has 1 aliphatic heterocycles. The fourth-order valence-electron chi connectivity index (χ4n) is 2.83. The second-order valence-electron chi connectivity index (χ2n) is 5.71. The highest BCUT2D eigenvalue weighted by Crippen LogP contribution is 2.29. The van der Waals surface area contributed by atoms with Gasteiger partial charge in [0.05, 0.1) is 12.5 Å². The van der Waals surface area contributed by atoms with Gasteiger partial charge in [-0.25, -0.2) is 0 Å². The van der Waals surface area contributed by atoms with Gasteiger partial charge in [-0.15, -0.1) is 0 Å². The molecular formula is C14H24N2O3. The fourth-order valence-corrected chi connectivity index (χ4v) is 2.83. The van der Waals surface area contributed by atoms with Crippen LogP contribution >= 0.6 is 0 Å². The summed E-state index contributed by atoms with van der Waals surface area (Å²) in [7, 11) is 0. The van der Waals surface area contributed by atoms with Crippen molar-refractivity contribution in [3.63, 3.8) is 0 Å². The molecule has 2 rings (SSSR count). The molecule has 5 nitrogen and oxygen atoms in total. The molecule has 108 valence electrons. The van der Waals surface area contributed by atoms with Gasteiger partial charge in [-0.1, -0.05) is 13.3 Å². The van der Waals surface area contributed by atoms with Gasteiger partial charge in [-0.2, -0.15) is 0 Å². The zero-order valence-electron chi connectivity index (χ0n) is 11.6. The maximum absolute atomic E-state index is 12.5. The number of hydrogen-bond donors (Lipinski definition) is 2. The quantitative estimate of drug-likeness (QED) is 0.760. The highest BCUT2D eigenvalue weighted by atomic mass is 16.4. The van der Waals surface area contributed by atoms with E-state index in [2.05, 4.69) is 12.2 Å². The molecule has 2 N–H and O–H groups in total. The number of hydrogen-bond acceptors (Lipinski definition) is 3. The van der Waals surface area contributed by atoms with Crippen molar-refractivity contribution in [1.29, 1.82) is 0 Å². The molecule has 0 radical (unpaired) electrons. The molecule has 2 atom stereocenters. The van der Waals surface area contributed by atoms with Crippen molar-refractivity contribution in [2.45, 2.75) is 57.5 Å².